The second-order valence-electron chi connectivity index (χ2n) is 6.94. The Kier molecular flexibility index (Phi) is 4.29. The number of carbonyl (C=O) groups excluding carboxylic acids is 2. The van der Waals surface area contributed by atoms with E-state index in [4.69, 9.17) is 9.47 Å². The van der Waals surface area contributed by atoms with Crippen molar-refractivity contribution in [3.63, 3.8) is 0 Å². The predicted octanol–water partition coefficient (Wildman–Crippen LogP) is 2.70. The maximum Gasteiger partial charge on any atom is 0.317 e. The zero-order valence-electron chi connectivity index (χ0n) is 12.9. The molecule has 1 aliphatic carbocycles. The van der Waals surface area contributed by atoms with Crippen LogP contribution in [-0.4, -0.2) is 32.2 Å². The fourth-order valence-corrected chi connectivity index (χ4v) is 4.41. The molecule has 0 saturated carbocycles. The van der Waals surface area contributed by atoms with Gasteiger partial charge in [-0.1, -0.05) is 24.8 Å². The molecule has 0 aromatic heterocycles. The Morgan fingerprint density at radius 2 is 1.74 bits per heavy atom. The Morgan fingerprint density at radius 1 is 1.21 bits per heavy atom. The Labute approximate surface area is 116 Å². The minimum Gasteiger partial charge on any atom is -0.461 e. The molecule has 0 N–H and O–H groups in total. The number of esters is 2. The SMILES string of the molecule is CC(=O)OCC1=C([Si](C)(C)C)C1C(=O)OC(C)(C)C. The van der Waals surface area contributed by atoms with Gasteiger partial charge < -0.3 is 9.47 Å². The molecule has 1 rings (SSSR count). The highest BCUT2D eigenvalue weighted by atomic mass is 28.3. The lowest BCUT2D eigenvalue weighted by Crippen LogP contribution is -2.29. The maximum atomic E-state index is 12.2. The normalized spacial score (nSPS) is 19.2. The van der Waals surface area contributed by atoms with Crippen LogP contribution in [0.5, 0.6) is 0 Å². The van der Waals surface area contributed by atoms with Crippen LogP contribution in [-0.2, 0) is 19.1 Å². The van der Waals surface area contributed by atoms with Gasteiger partial charge in [-0.3, -0.25) is 9.59 Å². The van der Waals surface area contributed by atoms with E-state index in [1.165, 1.54) is 12.1 Å². The van der Waals surface area contributed by atoms with E-state index < -0.39 is 13.7 Å². The van der Waals surface area contributed by atoms with Crippen LogP contribution in [0, 0.1) is 5.92 Å². The summed E-state index contributed by atoms with van der Waals surface area (Å²) in [4.78, 5) is 23.0. The summed E-state index contributed by atoms with van der Waals surface area (Å²) < 4.78 is 10.4. The first kappa shape index (κ1) is 16.0. The molecule has 0 bridgehead atoms. The molecule has 0 aliphatic heterocycles. The van der Waals surface area contributed by atoms with Gasteiger partial charge in [0.25, 0.3) is 0 Å². The molecule has 0 aromatic rings. The van der Waals surface area contributed by atoms with E-state index in [2.05, 4.69) is 19.6 Å². The lowest BCUT2D eigenvalue weighted by atomic mass is 10.2. The molecule has 1 atom stereocenters. The van der Waals surface area contributed by atoms with E-state index in [0.29, 0.717) is 0 Å². The van der Waals surface area contributed by atoms with Crippen LogP contribution in [0.4, 0.5) is 0 Å². The average molecular weight is 284 g/mol. The summed E-state index contributed by atoms with van der Waals surface area (Å²) in [5.74, 6) is -0.797. The molecule has 0 radical (unpaired) electrons. The molecule has 0 amide bonds. The molecule has 1 unspecified atom stereocenters. The van der Waals surface area contributed by atoms with Crippen LogP contribution in [0.3, 0.4) is 0 Å². The number of rotatable bonds is 4. The van der Waals surface area contributed by atoms with Crippen molar-refractivity contribution in [2.75, 3.05) is 6.61 Å². The standard InChI is InChI=1S/C14H24O4Si/c1-9(15)17-8-10-11(12(10)19(5,6)7)13(16)18-14(2,3)4/h11H,8H2,1-7H3. The highest BCUT2D eigenvalue weighted by molar-refractivity contribution is 6.85. The third kappa shape index (κ3) is 4.49. The van der Waals surface area contributed by atoms with Gasteiger partial charge in [-0.2, -0.15) is 0 Å². The number of ether oxygens (including phenoxy) is 2. The fraction of sp³-hybridized carbons (Fsp3) is 0.714. The first-order chi connectivity index (χ1) is 8.43. The molecular weight excluding hydrogens is 260 g/mol. The molecule has 0 heterocycles. The van der Waals surface area contributed by atoms with Crippen molar-refractivity contribution in [3.05, 3.63) is 10.8 Å². The lowest BCUT2D eigenvalue weighted by molar-refractivity contribution is -0.156. The molecule has 0 fully saturated rings. The van der Waals surface area contributed by atoms with Crippen LogP contribution in [0.1, 0.15) is 27.7 Å². The van der Waals surface area contributed by atoms with Gasteiger partial charge in [0.05, 0.1) is 14.0 Å². The van der Waals surface area contributed by atoms with Gasteiger partial charge in [-0.05, 0) is 26.3 Å². The van der Waals surface area contributed by atoms with E-state index in [9.17, 15) is 9.59 Å². The Hall–Kier alpha value is -1.10. The van der Waals surface area contributed by atoms with Gasteiger partial charge in [-0.25, -0.2) is 0 Å². The van der Waals surface area contributed by atoms with E-state index in [1.807, 2.05) is 20.8 Å². The topological polar surface area (TPSA) is 52.6 Å². The molecular formula is C14H24O4Si. The van der Waals surface area contributed by atoms with Gasteiger partial charge in [-0.15, -0.1) is 0 Å². The van der Waals surface area contributed by atoms with E-state index in [1.54, 1.807) is 0 Å². The van der Waals surface area contributed by atoms with Crippen LogP contribution >= 0.6 is 0 Å². The molecule has 19 heavy (non-hydrogen) atoms. The van der Waals surface area contributed by atoms with Gasteiger partial charge in [0.1, 0.15) is 12.2 Å². The summed E-state index contributed by atoms with van der Waals surface area (Å²) >= 11 is 0. The first-order valence-electron chi connectivity index (χ1n) is 6.53. The Balaban J connectivity index is 2.76. The molecule has 5 heteroatoms. The largest absolute Gasteiger partial charge is 0.461 e. The number of hydrogen-bond acceptors (Lipinski definition) is 4. The summed E-state index contributed by atoms with van der Waals surface area (Å²) in [6.45, 7) is 13.7. The highest BCUT2D eigenvalue weighted by Crippen LogP contribution is 2.46. The van der Waals surface area contributed by atoms with Crippen molar-refractivity contribution in [2.24, 2.45) is 5.92 Å². The molecule has 0 saturated heterocycles. The molecule has 4 nitrogen and oxygen atoms in total. The summed E-state index contributed by atoms with van der Waals surface area (Å²) in [6, 6.07) is 0. The van der Waals surface area contributed by atoms with Crippen molar-refractivity contribution in [3.8, 4) is 0 Å². The summed E-state index contributed by atoms with van der Waals surface area (Å²) in [5, 5.41) is 1.17. The Morgan fingerprint density at radius 3 is 2.11 bits per heavy atom. The highest BCUT2D eigenvalue weighted by Gasteiger charge is 2.50. The van der Waals surface area contributed by atoms with E-state index >= 15 is 0 Å². The fourth-order valence-electron chi connectivity index (χ4n) is 2.14. The van der Waals surface area contributed by atoms with Crippen LogP contribution in [0.25, 0.3) is 0 Å². The summed E-state index contributed by atoms with van der Waals surface area (Å²) in [6.07, 6.45) is 0. The van der Waals surface area contributed by atoms with Gasteiger partial charge in [0.15, 0.2) is 0 Å². The minimum absolute atomic E-state index is 0.216. The van der Waals surface area contributed by atoms with Crippen LogP contribution < -0.4 is 0 Å². The average Bonchev–Trinajstić information content (AvgIpc) is 2.84. The van der Waals surface area contributed by atoms with Gasteiger partial charge in [0.2, 0.25) is 0 Å². The number of hydrogen-bond donors (Lipinski definition) is 0. The quantitative estimate of drug-likeness (QED) is 0.588. The second-order valence-corrected chi connectivity index (χ2v) is 12.0. The minimum atomic E-state index is -1.57. The lowest BCUT2D eigenvalue weighted by Gasteiger charge is -2.21. The summed E-state index contributed by atoms with van der Waals surface area (Å²) in [7, 11) is -1.57. The number of carbonyl (C=O) groups is 2. The van der Waals surface area contributed by atoms with Crippen molar-refractivity contribution < 1.29 is 19.1 Å². The van der Waals surface area contributed by atoms with E-state index in [0.717, 1.165) is 5.57 Å². The van der Waals surface area contributed by atoms with Crippen LogP contribution in [0.15, 0.2) is 10.8 Å². The van der Waals surface area contributed by atoms with Crippen molar-refractivity contribution in [2.45, 2.75) is 52.9 Å². The Bertz CT molecular complexity index is 424. The van der Waals surface area contributed by atoms with Crippen LogP contribution in [0.2, 0.25) is 19.6 Å². The molecule has 1 aliphatic rings. The summed E-state index contributed by atoms with van der Waals surface area (Å²) in [5.41, 5.74) is 0.458. The third-order valence-electron chi connectivity index (χ3n) is 2.78. The molecule has 108 valence electrons. The van der Waals surface area contributed by atoms with E-state index in [-0.39, 0.29) is 24.5 Å². The zero-order chi connectivity index (χ0) is 15.0. The van der Waals surface area contributed by atoms with Crippen molar-refractivity contribution in [1.29, 1.82) is 0 Å². The predicted molar refractivity (Wildman–Crippen MR) is 76.3 cm³/mol. The maximum absolute atomic E-state index is 12.2. The molecule has 0 spiro atoms. The zero-order valence-corrected chi connectivity index (χ0v) is 13.9. The van der Waals surface area contributed by atoms with Crippen molar-refractivity contribution in [1.82, 2.24) is 0 Å². The van der Waals surface area contributed by atoms with Gasteiger partial charge >= 0.3 is 11.9 Å². The van der Waals surface area contributed by atoms with Crippen molar-refractivity contribution >= 4 is 20.0 Å². The van der Waals surface area contributed by atoms with Gasteiger partial charge in [0, 0.05) is 6.92 Å². The smallest absolute Gasteiger partial charge is 0.317 e. The monoisotopic (exact) mass is 284 g/mol. The molecule has 0 aromatic carbocycles. The second kappa shape index (κ2) is 5.11. The first-order valence-corrected chi connectivity index (χ1v) is 10.0. The third-order valence-corrected chi connectivity index (χ3v) is 5.01.